The molecule has 1 fully saturated rings. The second-order valence-electron chi connectivity index (χ2n) is 4.92. The first-order valence-corrected chi connectivity index (χ1v) is 6.93. The standard InChI is InChI=1S/C12H18N2O2S/c1-14-5-8(4-9(13)6-14)10-7-17-12-11(10)15-2-3-16-12/h7-9H,2-6,13H2,1H3. The van der Waals surface area contributed by atoms with Crippen LogP contribution in [0.25, 0.3) is 0 Å². The van der Waals surface area contributed by atoms with E-state index in [-0.39, 0.29) is 6.04 Å². The van der Waals surface area contributed by atoms with Crippen LogP contribution in [0.5, 0.6) is 10.8 Å². The fourth-order valence-electron chi connectivity index (χ4n) is 2.73. The van der Waals surface area contributed by atoms with Gasteiger partial charge in [-0.2, -0.15) is 0 Å². The van der Waals surface area contributed by atoms with Crippen LogP contribution in [0, 0.1) is 0 Å². The van der Waals surface area contributed by atoms with Gasteiger partial charge in [0.2, 0.25) is 5.06 Å². The van der Waals surface area contributed by atoms with Gasteiger partial charge in [-0.15, -0.1) is 11.3 Å². The Morgan fingerprint density at radius 3 is 3.00 bits per heavy atom. The fraction of sp³-hybridized carbons (Fsp3) is 0.667. The minimum Gasteiger partial charge on any atom is -0.485 e. The number of thiophene rings is 1. The molecule has 0 saturated carbocycles. The first kappa shape index (κ1) is 11.3. The van der Waals surface area contributed by atoms with Crippen molar-refractivity contribution in [2.45, 2.75) is 18.4 Å². The summed E-state index contributed by atoms with van der Waals surface area (Å²) in [7, 11) is 2.13. The monoisotopic (exact) mass is 254 g/mol. The molecule has 2 atom stereocenters. The summed E-state index contributed by atoms with van der Waals surface area (Å²) >= 11 is 1.64. The second kappa shape index (κ2) is 4.48. The van der Waals surface area contributed by atoms with E-state index in [1.54, 1.807) is 11.3 Å². The lowest BCUT2D eigenvalue weighted by atomic mass is 9.90. The number of piperidine rings is 1. The number of ether oxygens (including phenoxy) is 2. The van der Waals surface area contributed by atoms with Gasteiger partial charge in [0, 0.05) is 36.0 Å². The van der Waals surface area contributed by atoms with Crippen molar-refractivity contribution in [3.8, 4) is 10.8 Å². The van der Waals surface area contributed by atoms with Crippen molar-refractivity contribution in [3.63, 3.8) is 0 Å². The topological polar surface area (TPSA) is 47.7 Å². The van der Waals surface area contributed by atoms with Gasteiger partial charge in [0.1, 0.15) is 13.2 Å². The molecule has 2 aliphatic rings. The molecule has 0 radical (unpaired) electrons. The van der Waals surface area contributed by atoms with Crippen LogP contribution in [0.15, 0.2) is 5.38 Å². The fourth-order valence-corrected chi connectivity index (χ4v) is 3.70. The van der Waals surface area contributed by atoms with Gasteiger partial charge in [-0.3, -0.25) is 0 Å². The molecule has 1 aromatic heterocycles. The van der Waals surface area contributed by atoms with E-state index in [4.69, 9.17) is 15.2 Å². The Bertz CT molecular complexity index is 397. The van der Waals surface area contributed by atoms with Gasteiger partial charge in [-0.1, -0.05) is 0 Å². The number of fused-ring (bicyclic) bond motifs is 1. The first-order chi connectivity index (χ1) is 8.24. The van der Waals surface area contributed by atoms with Crippen LogP contribution in [0.4, 0.5) is 0 Å². The molecule has 0 bridgehead atoms. The highest BCUT2D eigenvalue weighted by Crippen LogP contribution is 2.45. The molecule has 3 heterocycles. The Labute approximate surface area is 105 Å². The third-order valence-corrected chi connectivity index (χ3v) is 4.30. The van der Waals surface area contributed by atoms with Crippen LogP contribution in [0.2, 0.25) is 0 Å². The zero-order valence-corrected chi connectivity index (χ0v) is 10.8. The lowest BCUT2D eigenvalue weighted by Gasteiger charge is -2.34. The van der Waals surface area contributed by atoms with Crippen LogP contribution in [0.1, 0.15) is 17.9 Å². The first-order valence-electron chi connectivity index (χ1n) is 6.05. The molecule has 2 aliphatic heterocycles. The second-order valence-corrected chi connectivity index (χ2v) is 5.76. The summed E-state index contributed by atoms with van der Waals surface area (Å²) in [4.78, 5) is 2.30. The van der Waals surface area contributed by atoms with E-state index in [1.807, 2.05) is 0 Å². The van der Waals surface area contributed by atoms with Crippen molar-refractivity contribution >= 4 is 11.3 Å². The zero-order chi connectivity index (χ0) is 11.8. The minimum absolute atomic E-state index is 0.263. The number of nitrogens with zero attached hydrogens (tertiary/aromatic N) is 1. The lowest BCUT2D eigenvalue weighted by Crippen LogP contribution is -2.44. The van der Waals surface area contributed by atoms with Crippen LogP contribution in [-0.4, -0.2) is 44.3 Å². The summed E-state index contributed by atoms with van der Waals surface area (Å²) in [5.74, 6) is 1.44. The van der Waals surface area contributed by atoms with E-state index in [9.17, 15) is 0 Å². The van der Waals surface area contributed by atoms with Crippen molar-refractivity contribution in [1.29, 1.82) is 0 Å². The molecule has 1 aromatic rings. The van der Waals surface area contributed by atoms with Crippen LogP contribution in [-0.2, 0) is 0 Å². The molecule has 0 aliphatic carbocycles. The molecular weight excluding hydrogens is 236 g/mol. The van der Waals surface area contributed by atoms with Gasteiger partial charge in [0.15, 0.2) is 5.75 Å². The maximum Gasteiger partial charge on any atom is 0.217 e. The van der Waals surface area contributed by atoms with E-state index in [0.29, 0.717) is 19.1 Å². The molecule has 0 amide bonds. The minimum atomic E-state index is 0.263. The number of likely N-dealkylation sites (tertiary alicyclic amines) is 1. The summed E-state index contributed by atoms with van der Waals surface area (Å²) in [6, 6.07) is 0.263. The molecule has 94 valence electrons. The normalized spacial score (nSPS) is 29.3. The summed E-state index contributed by atoms with van der Waals surface area (Å²) in [6.07, 6.45) is 1.04. The highest BCUT2D eigenvalue weighted by atomic mass is 32.1. The summed E-state index contributed by atoms with van der Waals surface area (Å²) in [5, 5.41) is 3.11. The number of hydrogen-bond acceptors (Lipinski definition) is 5. The summed E-state index contributed by atoms with van der Waals surface area (Å²) < 4.78 is 11.3. The van der Waals surface area contributed by atoms with E-state index in [0.717, 1.165) is 30.3 Å². The average molecular weight is 254 g/mol. The third kappa shape index (κ3) is 2.14. The lowest BCUT2D eigenvalue weighted by molar-refractivity contribution is 0.171. The van der Waals surface area contributed by atoms with Gasteiger partial charge >= 0.3 is 0 Å². The predicted molar refractivity (Wildman–Crippen MR) is 68.1 cm³/mol. The maximum atomic E-state index is 6.09. The van der Waals surface area contributed by atoms with Gasteiger partial charge in [-0.05, 0) is 13.5 Å². The Kier molecular flexibility index (Phi) is 2.98. The molecule has 0 spiro atoms. The highest BCUT2D eigenvalue weighted by molar-refractivity contribution is 7.12. The largest absolute Gasteiger partial charge is 0.485 e. The number of rotatable bonds is 1. The van der Waals surface area contributed by atoms with E-state index in [2.05, 4.69) is 17.3 Å². The van der Waals surface area contributed by atoms with E-state index in [1.165, 1.54) is 5.56 Å². The van der Waals surface area contributed by atoms with Gasteiger partial charge in [0.25, 0.3) is 0 Å². The Hall–Kier alpha value is -0.780. The molecule has 4 nitrogen and oxygen atoms in total. The molecule has 1 saturated heterocycles. The van der Waals surface area contributed by atoms with Crippen molar-refractivity contribution in [2.75, 3.05) is 33.4 Å². The molecular formula is C12H18N2O2S. The smallest absolute Gasteiger partial charge is 0.217 e. The van der Waals surface area contributed by atoms with Crippen LogP contribution >= 0.6 is 11.3 Å². The Balaban J connectivity index is 1.85. The van der Waals surface area contributed by atoms with Gasteiger partial charge in [0.05, 0.1) is 0 Å². The molecule has 2 unspecified atom stereocenters. The van der Waals surface area contributed by atoms with Crippen LogP contribution < -0.4 is 15.2 Å². The summed E-state index contributed by atoms with van der Waals surface area (Å²) in [5.41, 5.74) is 7.37. The number of nitrogens with two attached hydrogens (primary N) is 1. The zero-order valence-electron chi connectivity index (χ0n) is 10.0. The predicted octanol–water partition coefficient (Wildman–Crippen LogP) is 1.27. The van der Waals surface area contributed by atoms with E-state index >= 15 is 0 Å². The average Bonchev–Trinajstić information content (AvgIpc) is 2.71. The Morgan fingerprint density at radius 1 is 1.35 bits per heavy atom. The van der Waals surface area contributed by atoms with Crippen molar-refractivity contribution in [2.24, 2.45) is 5.73 Å². The third-order valence-electron chi connectivity index (χ3n) is 3.41. The van der Waals surface area contributed by atoms with E-state index < -0.39 is 0 Å². The number of hydrogen-bond donors (Lipinski definition) is 1. The molecule has 3 rings (SSSR count). The Morgan fingerprint density at radius 2 is 2.18 bits per heavy atom. The number of likely N-dealkylation sites (N-methyl/N-ethyl adjacent to an activating group) is 1. The molecule has 17 heavy (non-hydrogen) atoms. The van der Waals surface area contributed by atoms with Gasteiger partial charge in [-0.25, -0.2) is 0 Å². The SMILES string of the molecule is CN1CC(N)CC(c2csc3c2OCCO3)C1. The van der Waals surface area contributed by atoms with Crippen molar-refractivity contribution in [1.82, 2.24) is 4.90 Å². The maximum absolute atomic E-state index is 6.09. The molecule has 5 heteroatoms. The highest BCUT2D eigenvalue weighted by Gasteiger charge is 2.29. The summed E-state index contributed by atoms with van der Waals surface area (Å²) in [6.45, 7) is 3.36. The van der Waals surface area contributed by atoms with Crippen LogP contribution in [0.3, 0.4) is 0 Å². The quantitative estimate of drug-likeness (QED) is 0.820. The van der Waals surface area contributed by atoms with Crippen molar-refractivity contribution in [3.05, 3.63) is 10.9 Å². The molecule has 2 N–H and O–H groups in total. The molecule has 0 aromatic carbocycles. The van der Waals surface area contributed by atoms with Gasteiger partial charge < -0.3 is 20.1 Å². The van der Waals surface area contributed by atoms with Crippen molar-refractivity contribution < 1.29 is 9.47 Å².